The first kappa shape index (κ1) is 18.4. The molecule has 0 aromatic carbocycles. The number of likely N-dealkylation sites (N-methyl/N-ethyl adjacent to an activating group) is 1. The van der Waals surface area contributed by atoms with E-state index in [0.717, 1.165) is 32.4 Å². The van der Waals surface area contributed by atoms with Crippen LogP contribution < -0.4 is 5.32 Å². The van der Waals surface area contributed by atoms with Gasteiger partial charge in [-0.05, 0) is 45.2 Å². The number of nitrogens with one attached hydrogen (secondary N) is 1. The lowest BCUT2D eigenvalue weighted by Gasteiger charge is -2.39. The van der Waals surface area contributed by atoms with E-state index < -0.39 is 5.54 Å². The third kappa shape index (κ3) is 4.66. The second kappa shape index (κ2) is 8.71. The number of hydrogen-bond acceptors (Lipinski definition) is 5. The van der Waals surface area contributed by atoms with Gasteiger partial charge < -0.3 is 14.8 Å². The lowest BCUT2D eigenvalue weighted by molar-refractivity contribution is -0.151. The van der Waals surface area contributed by atoms with Gasteiger partial charge in [0.2, 0.25) is 0 Å². The van der Waals surface area contributed by atoms with E-state index in [-0.39, 0.29) is 12.0 Å². The van der Waals surface area contributed by atoms with Crippen molar-refractivity contribution in [2.24, 2.45) is 5.92 Å². The number of esters is 1. The summed E-state index contributed by atoms with van der Waals surface area (Å²) in [6.07, 6.45) is 3.20. The number of methoxy groups -OCH3 is 2. The topological polar surface area (TPSA) is 50.8 Å². The molecule has 2 unspecified atom stereocenters. The Morgan fingerprint density at radius 3 is 2.48 bits per heavy atom. The summed E-state index contributed by atoms with van der Waals surface area (Å²) in [5, 5.41) is 3.50. The van der Waals surface area contributed by atoms with Gasteiger partial charge in [0.1, 0.15) is 5.54 Å². The van der Waals surface area contributed by atoms with Gasteiger partial charge >= 0.3 is 5.97 Å². The maximum Gasteiger partial charge on any atom is 0.327 e. The molecule has 1 aliphatic carbocycles. The Morgan fingerprint density at radius 1 is 1.38 bits per heavy atom. The lowest BCUT2D eigenvalue weighted by Crippen LogP contribution is -2.62. The highest BCUT2D eigenvalue weighted by atomic mass is 16.5. The Labute approximate surface area is 129 Å². The molecule has 0 amide bonds. The van der Waals surface area contributed by atoms with Crippen LogP contribution in [0.2, 0.25) is 0 Å². The minimum Gasteiger partial charge on any atom is -0.468 e. The molecule has 5 nitrogen and oxygen atoms in total. The molecule has 0 aromatic rings. The number of hydrogen-bond donors (Lipinski definition) is 1. The van der Waals surface area contributed by atoms with Crippen LogP contribution in [-0.4, -0.2) is 62.9 Å². The number of ether oxygens (including phenoxy) is 2. The first-order chi connectivity index (χ1) is 10.1. The smallest absolute Gasteiger partial charge is 0.327 e. The standard InChI is InChI=1S/C16H32N2O3/c1-6-10-17-16(14-8-9-14,15(19)21-5)12-18(7-2)13(3)11-20-4/h13-14,17H,6-12H2,1-5H3. The van der Waals surface area contributed by atoms with Crippen molar-refractivity contribution in [1.29, 1.82) is 0 Å². The fraction of sp³-hybridized carbons (Fsp3) is 0.938. The molecule has 124 valence electrons. The SMILES string of the molecule is CCCNC(CN(CC)C(C)COC)(C(=O)OC)C1CC1. The molecule has 1 rings (SSSR count). The Balaban J connectivity index is 2.90. The molecule has 1 fully saturated rings. The molecule has 21 heavy (non-hydrogen) atoms. The first-order valence-electron chi connectivity index (χ1n) is 8.12. The van der Waals surface area contributed by atoms with Gasteiger partial charge in [-0.25, -0.2) is 4.79 Å². The minimum atomic E-state index is -0.567. The zero-order valence-corrected chi connectivity index (χ0v) is 14.3. The summed E-state index contributed by atoms with van der Waals surface area (Å²) < 4.78 is 10.4. The average Bonchev–Trinajstić information content (AvgIpc) is 3.32. The van der Waals surface area contributed by atoms with E-state index in [1.54, 1.807) is 7.11 Å². The number of carbonyl (C=O) groups excluding carboxylic acids is 1. The minimum absolute atomic E-state index is 0.124. The van der Waals surface area contributed by atoms with E-state index in [0.29, 0.717) is 19.1 Å². The van der Waals surface area contributed by atoms with Gasteiger partial charge in [0.15, 0.2) is 0 Å². The predicted octanol–water partition coefficient (Wildman–Crippen LogP) is 1.66. The molecule has 2 atom stereocenters. The molecule has 5 heteroatoms. The fourth-order valence-corrected chi connectivity index (χ4v) is 2.99. The maximum atomic E-state index is 12.5. The average molecular weight is 300 g/mol. The van der Waals surface area contributed by atoms with Crippen LogP contribution in [0, 0.1) is 5.92 Å². The predicted molar refractivity (Wildman–Crippen MR) is 84.3 cm³/mol. The maximum absolute atomic E-state index is 12.5. The number of carbonyl (C=O) groups is 1. The van der Waals surface area contributed by atoms with Gasteiger partial charge in [-0.2, -0.15) is 0 Å². The van der Waals surface area contributed by atoms with E-state index in [9.17, 15) is 4.79 Å². The molecule has 0 saturated heterocycles. The molecule has 1 N–H and O–H groups in total. The van der Waals surface area contributed by atoms with Gasteiger partial charge in [0.05, 0.1) is 13.7 Å². The first-order valence-corrected chi connectivity index (χ1v) is 8.12. The molecular weight excluding hydrogens is 268 g/mol. The van der Waals surface area contributed by atoms with Crippen molar-refractivity contribution in [3.8, 4) is 0 Å². The van der Waals surface area contributed by atoms with Crippen LogP contribution in [0.1, 0.15) is 40.0 Å². The van der Waals surface area contributed by atoms with Gasteiger partial charge in [-0.15, -0.1) is 0 Å². The van der Waals surface area contributed by atoms with Crippen LogP contribution in [0.25, 0.3) is 0 Å². The second-order valence-electron chi connectivity index (χ2n) is 6.03. The van der Waals surface area contributed by atoms with E-state index in [4.69, 9.17) is 9.47 Å². The van der Waals surface area contributed by atoms with Gasteiger partial charge in [0.25, 0.3) is 0 Å². The highest BCUT2D eigenvalue weighted by Crippen LogP contribution is 2.41. The normalized spacial score (nSPS) is 19.3. The van der Waals surface area contributed by atoms with E-state index >= 15 is 0 Å². The zero-order chi connectivity index (χ0) is 15.9. The Bertz CT molecular complexity index is 321. The van der Waals surface area contributed by atoms with Crippen molar-refractivity contribution < 1.29 is 14.3 Å². The van der Waals surface area contributed by atoms with Gasteiger partial charge in [0, 0.05) is 19.7 Å². The summed E-state index contributed by atoms with van der Waals surface area (Å²) in [4.78, 5) is 14.8. The molecule has 0 radical (unpaired) electrons. The number of nitrogens with zero attached hydrogens (tertiary/aromatic N) is 1. The summed E-state index contributed by atoms with van der Waals surface area (Å²) in [6.45, 7) is 9.47. The quantitative estimate of drug-likeness (QED) is 0.588. The lowest BCUT2D eigenvalue weighted by atomic mass is 9.91. The summed E-state index contributed by atoms with van der Waals surface area (Å²) >= 11 is 0. The van der Waals surface area contributed by atoms with Gasteiger partial charge in [-0.1, -0.05) is 13.8 Å². The molecule has 0 aliphatic heterocycles. The highest BCUT2D eigenvalue weighted by molar-refractivity contribution is 5.82. The van der Waals surface area contributed by atoms with Gasteiger partial charge in [-0.3, -0.25) is 4.90 Å². The van der Waals surface area contributed by atoms with Crippen LogP contribution >= 0.6 is 0 Å². The summed E-state index contributed by atoms with van der Waals surface area (Å²) in [5.74, 6) is 0.266. The third-order valence-electron chi connectivity index (χ3n) is 4.40. The molecular formula is C16H32N2O3. The van der Waals surface area contributed by atoms with Crippen LogP contribution in [0.15, 0.2) is 0 Å². The van der Waals surface area contributed by atoms with Crippen molar-refractivity contribution in [3.63, 3.8) is 0 Å². The summed E-state index contributed by atoms with van der Waals surface area (Å²) in [6, 6.07) is 0.284. The molecule has 0 bridgehead atoms. The van der Waals surface area contributed by atoms with E-state index in [2.05, 4.69) is 31.0 Å². The van der Waals surface area contributed by atoms with Crippen LogP contribution in [0.4, 0.5) is 0 Å². The molecule has 0 aromatic heterocycles. The van der Waals surface area contributed by atoms with Crippen LogP contribution in [-0.2, 0) is 14.3 Å². The van der Waals surface area contributed by atoms with E-state index in [1.807, 2.05) is 0 Å². The Morgan fingerprint density at radius 2 is 2.05 bits per heavy atom. The summed E-state index contributed by atoms with van der Waals surface area (Å²) in [5.41, 5.74) is -0.567. The monoisotopic (exact) mass is 300 g/mol. The van der Waals surface area contributed by atoms with Crippen molar-refractivity contribution in [2.45, 2.75) is 51.6 Å². The zero-order valence-electron chi connectivity index (χ0n) is 14.3. The van der Waals surface area contributed by atoms with Crippen LogP contribution in [0.3, 0.4) is 0 Å². The largest absolute Gasteiger partial charge is 0.468 e. The second-order valence-corrected chi connectivity index (χ2v) is 6.03. The van der Waals surface area contributed by atoms with Crippen molar-refractivity contribution in [2.75, 3.05) is 40.5 Å². The highest BCUT2D eigenvalue weighted by Gasteiger charge is 2.52. The van der Waals surface area contributed by atoms with Crippen molar-refractivity contribution >= 4 is 5.97 Å². The summed E-state index contributed by atoms with van der Waals surface area (Å²) in [7, 11) is 3.20. The van der Waals surface area contributed by atoms with E-state index in [1.165, 1.54) is 7.11 Å². The molecule has 0 heterocycles. The van der Waals surface area contributed by atoms with Crippen molar-refractivity contribution in [3.05, 3.63) is 0 Å². The fourth-order valence-electron chi connectivity index (χ4n) is 2.99. The molecule has 0 spiro atoms. The Hall–Kier alpha value is -0.650. The number of rotatable bonds is 11. The molecule has 1 aliphatic rings. The van der Waals surface area contributed by atoms with Crippen molar-refractivity contribution in [1.82, 2.24) is 10.2 Å². The molecule has 1 saturated carbocycles. The Kier molecular flexibility index (Phi) is 7.63. The third-order valence-corrected chi connectivity index (χ3v) is 4.40. The van der Waals surface area contributed by atoms with Crippen LogP contribution in [0.5, 0.6) is 0 Å².